The molecule has 144 valence electrons. The highest BCUT2D eigenvalue weighted by Crippen LogP contribution is 2.29. The average molecular weight is 378 g/mol. The van der Waals surface area contributed by atoms with Gasteiger partial charge in [-0.05, 0) is 39.0 Å². The SMILES string of the molecule is CC(C)Oc1ccc2nn(C)c(-c3nccc(-n4cc(C(C)O)cn4)n3)c2c1. The van der Waals surface area contributed by atoms with Gasteiger partial charge in [-0.3, -0.25) is 4.68 Å². The molecule has 0 aliphatic rings. The Morgan fingerprint density at radius 3 is 2.68 bits per heavy atom. The summed E-state index contributed by atoms with van der Waals surface area (Å²) in [5, 5.41) is 19.5. The molecule has 0 amide bonds. The number of ether oxygens (including phenoxy) is 1. The van der Waals surface area contributed by atoms with E-state index in [9.17, 15) is 5.11 Å². The van der Waals surface area contributed by atoms with E-state index in [1.807, 2.05) is 39.1 Å². The standard InChI is InChI=1S/C20H22N6O2/c1-12(2)28-15-5-6-17-16(9-15)19(25(4)24-17)20-21-8-7-18(23-20)26-11-14(10-22-26)13(3)27/h5-13,27H,1-4H3. The van der Waals surface area contributed by atoms with Crippen LogP contribution in [0.15, 0.2) is 42.9 Å². The fraction of sp³-hybridized carbons (Fsp3) is 0.300. The van der Waals surface area contributed by atoms with Crippen LogP contribution < -0.4 is 4.74 Å². The Morgan fingerprint density at radius 1 is 1.14 bits per heavy atom. The molecular weight excluding hydrogens is 356 g/mol. The summed E-state index contributed by atoms with van der Waals surface area (Å²) < 4.78 is 9.22. The molecule has 4 aromatic rings. The number of aryl methyl sites for hydroxylation is 1. The van der Waals surface area contributed by atoms with Gasteiger partial charge in [-0.1, -0.05) is 0 Å². The highest BCUT2D eigenvalue weighted by molar-refractivity contribution is 5.92. The molecule has 0 saturated heterocycles. The van der Waals surface area contributed by atoms with Crippen LogP contribution in [-0.2, 0) is 7.05 Å². The van der Waals surface area contributed by atoms with Crippen LogP contribution >= 0.6 is 0 Å². The Morgan fingerprint density at radius 2 is 1.96 bits per heavy atom. The van der Waals surface area contributed by atoms with E-state index < -0.39 is 6.10 Å². The van der Waals surface area contributed by atoms with E-state index in [2.05, 4.69) is 20.2 Å². The van der Waals surface area contributed by atoms with Gasteiger partial charge >= 0.3 is 0 Å². The molecule has 0 aliphatic heterocycles. The van der Waals surface area contributed by atoms with Crippen molar-refractivity contribution in [2.24, 2.45) is 7.05 Å². The number of nitrogens with zero attached hydrogens (tertiary/aromatic N) is 6. The van der Waals surface area contributed by atoms with E-state index in [1.54, 1.807) is 40.9 Å². The van der Waals surface area contributed by atoms with Crippen molar-refractivity contribution in [1.82, 2.24) is 29.5 Å². The molecule has 1 N–H and O–H groups in total. The summed E-state index contributed by atoms with van der Waals surface area (Å²) in [5.74, 6) is 1.93. The lowest BCUT2D eigenvalue weighted by Crippen LogP contribution is -2.05. The Bertz CT molecular complexity index is 1130. The van der Waals surface area contributed by atoms with E-state index in [4.69, 9.17) is 4.74 Å². The molecule has 0 bridgehead atoms. The summed E-state index contributed by atoms with van der Waals surface area (Å²) >= 11 is 0. The first-order chi connectivity index (χ1) is 13.4. The molecule has 0 saturated carbocycles. The van der Waals surface area contributed by atoms with Crippen molar-refractivity contribution in [2.45, 2.75) is 33.0 Å². The number of hydrogen-bond donors (Lipinski definition) is 1. The molecule has 0 fully saturated rings. The first-order valence-corrected chi connectivity index (χ1v) is 9.12. The predicted octanol–water partition coefficient (Wildman–Crippen LogP) is 3.06. The highest BCUT2D eigenvalue weighted by atomic mass is 16.5. The van der Waals surface area contributed by atoms with Gasteiger partial charge in [-0.2, -0.15) is 10.2 Å². The van der Waals surface area contributed by atoms with E-state index in [0.717, 1.165) is 27.9 Å². The number of rotatable bonds is 5. The highest BCUT2D eigenvalue weighted by Gasteiger charge is 2.16. The summed E-state index contributed by atoms with van der Waals surface area (Å²) in [4.78, 5) is 9.11. The zero-order valence-corrected chi connectivity index (χ0v) is 16.2. The predicted molar refractivity (Wildman–Crippen MR) is 105 cm³/mol. The number of hydrogen-bond acceptors (Lipinski definition) is 6. The van der Waals surface area contributed by atoms with E-state index in [-0.39, 0.29) is 6.10 Å². The van der Waals surface area contributed by atoms with Crippen molar-refractivity contribution < 1.29 is 9.84 Å². The van der Waals surface area contributed by atoms with Crippen molar-refractivity contribution in [3.8, 4) is 23.1 Å². The van der Waals surface area contributed by atoms with Crippen LogP contribution in [0.2, 0.25) is 0 Å². The monoisotopic (exact) mass is 378 g/mol. The van der Waals surface area contributed by atoms with Crippen LogP contribution in [0.4, 0.5) is 0 Å². The summed E-state index contributed by atoms with van der Waals surface area (Å²) in [6.45, 7) is 5.68. The minimum atomic E-state index is -0.588. The van der Waals surface area contributed by atoms with Gasteiger partial charge in [-0.25, -0.2) is 14.6 Å². The lowest BCUT2D eigenvalue weighted by atomic mass is 10.2. The minimum Gasteiger partial charge on any atom is -0.491 e. The molecule has 1 atom stereocenters. The van der Waals surface area contributed by atoms with E-state index >= 15 is 0 Å². The quantitative estimate of drug-likeness (QED) is 0.574. The molecule has 8 heteroatoms. The first kappa shape index (κ1) is 18.1. The fourth-order valence-electron chi connectivity index (χ4n) is 3.06. The van der Waals surface area contributed by atoms with Crippen LogP contribution in [-0.4, -0.2) is 40.7 Å². The number of aliphatic hydroxyl groups excluding tert-OH is 1. The molecule has 3 heterocycles. The summed E-state index contributed by atoms with van der Waals surface area (Å²) in [5.41, 5.74) is 2.37. The van der Waals surface area contributed by atoms with Crippen LogP contribution in [0.25, 0.3) is 28.2 Å². The molecule has 0 radical (unpaired) electrons. The second kappa shape index (κ2) is 7.05. The van der Waals surface area contributed by atoms with Gasteiger partial charge in [0, 0.05) is 36.5 Å². The van der Waals surface area contributed by atoms with Crippen molar-refractivity contribution in [1.29, 1.82) is 0 Å². The maximum absolute atomic E-state index is 9.72. The van der Waals surface area contributed by atoms with Crippen LogP contribution in [0.1, 0.15) is 32.4 Å². The van der Waals surface area contributed by atoms with Gasteiger partial charge in [-0.15, -0.1) is 0 Å². The third kappa shape index (κ3) is 3.34. The topological polar surface area (TPSA) is 90.9 Å². The molecular formula is C20H22N6O2. The van der Waals surface area contributed by atoms with Crippen molar-refractivity contribution in [3.63, 3.8) is 0 Å². The van der Waals surface area contributed by atoms with Gasteiger partial charge in [0.1, 0.15) is 11.4 Å². The average Bonchev–Trinajstić information content (AvgIpc) is 3.25. The van der Waals surface area contributed by atoms with Crippen LogP contribution in [0, 0.1) is 0 Å². The second-order valence-electron chi connectivity index (χ2n) is 6.95. The van der Waals surface area contributed by atoms with Gasteiger partial charge < -0.3 is 9.84 Å². The largest absolute Gasteiger partial charge is 0.491 e. The number of aromatic nitrogens is 6. The molecule has 0 aliphatic carbocycles. The molecule has 4 rings (SSSR count). The zero-order valence-electron chi connectivity index (χ0n) is 16.2. The first-order valence-electron chi connectivity index (χ1n) is 9.12. The molecule has 3 aromatic heterocycles. The fourth-order valence-corrected chi connectivity index (χ4v) is 3.06. The van der Waals surface area contributed by atoms with Gasteiger partial charge in [0.05, 0.1) is 23.9 Å². The van der Waals surface area contributed by atoms with E-state index in [0.29, 0.717) is 11.6 Å². The summed E-state index contributed by atoms with van der Waals surface area (Å²) in [7, 11) is 1.87. The lowest BCUT2D eigenvalue weighted by Gasteiger charge is -2.09. The number of aliphatic hydroxyl groups is 1. The summed E-state index contributed by atoms with van der Waals surface area (Å²) in [6, 6.07) is 7.59. The number of benzene rings is 1. The van der Waals surface area contributed by atoms with Gasteiger partial charge in [0.15, 0.2) is 11.6 Å². The Labute approximate surface area is 162 Å². The normalized spacial score (nSPS) is 12.6. The van der Waals surface area contributed by atoms with Crippen LogP contribution in [0.5, 0.6) is 5.75 Å². The lowest BCUT2D eigenvalue weighted by molar-refractivity contribution is 0.199. The van der Waals surface area contributed by atoms with Crippen LogP contribution in [0.3, 0.4) is 0 Å². The third-order valence-electron chi connectivity index (χ3n) is 4.35. The molecule has 8 nitrogen and oxygen atoms in total. The van der Waals surface area contributed by atoms with E-state index in [1.165, 1.54) is 0 Å². The van der Waals surface area contributed by atoms with Crippen molar-refractivity contribution in [3.05, 3.63) is 48.4 Å². The maximum Gasteiger partial charge on any atom is 0.180 e. The Balaban J connectivity index is 1.80. The Hall–Kier alpha value is -3.26. The molecule has 1 unspecified atom stereocenters. The third-order valence-corrected chi connectivity index (χ3v) is 4.35. The molecule has 1 aromatic carbocycles. The minimum absolute atomic E-state index is 0.0834. The maximum atomic E-state index is 9.72. The van der Waals surface area contributed by atoms with Crippen molar-refractivity contribution in [2.75, 3.05) is 0 Å². The smallest absolute Gasteiger partial charge is 0.180 e. The molecule has 0 spiro atoms. The number of fused-ring (bicyclic) bond motifs is 1. The Kier molecular flexibility index (Phi) is 4.56. The second-order valence-corrected chi connectivity index (χ2v) is 6.95. The van der Waals surface area contributed by atoms with Gasteiger partial charge in [0.2, 0.25) is 0 Å². The zero-order chi connectivity index (χ0) is 19.8. The van der Waals surface area contributed by atoms with Gasteiger partial charge in [0.25, 0.3) is 0 Å². The van der Waals surface area contributed by atoms with Crippen molar-refractivity contribution >= 4 is 10.9 Å². The summed E-state index contributed by atoms with van der Waals surface area (Å²) in [6.07, 6.45) is 4.57. The molecule has 28 heavy (non-hydrogen) atoms.